The monoisotopic (exact) mass is 346 g/mol. The Bertz CT molecular complexity index is 281. The van der Waals surface area contributed by atoms with Crippen molar-refractivity contribution in [3.05, 3.63) is 0 Å². The van der Waals surface area contributed by atoms with Gasteiger partial charge in [-0.3, -0.25) is 0 Å². The first-order chi connectivity index (χ1) is 9.52. The third-order valence-electron chi connectivity index (χ3n) is 4.27. The van der Waals surface area contributed by atoms with Gasteiger partial charge in [0.15, 0.2) is 0 Å². The molecule has 0 bridgehead atoms. The van der Waals surface area contributed by atoms with Gasteiger partial charge in [-0.15, -0.1) is 0 Å². The number of aliphatic hydroxyl groups is 1. The zero-order chi connectivity index (χ0) is 15.0. The van der Waals surface area contributed by atoms with Crippen molar-refractivity contribution in [1.29, 1.82) is 0 Å². The van der Waals surface area contributed by atoms with Crippen LogP contribution in [0.5, 0.6) is 0 Å². The molecule has 2 atom stereocenters. The Morgan fingerprint density at radius 2 is 1.95 bits per heavy atom. The molecular weight excluding hydrogens is 313 g/mol. The maximum absolute atomic E-state index is 11.4. The van der Waals surface area contributed by atoms with Gasteiger partial charge < -0.3 is 0 Å². The third-order valence-corrected chi connectivity index (χ3v) is 5.44. The van der Waals surface area contributed by atoms with E-state index in [9.17, 15) is 9.90 Å². The van der Waals surface area contributed by atoms with E-state index in [2.05, 4.69) is 23.4 Å². The first-order valence-corrected chi connectivity index (χ1v) is 10.3. The first kappa shape index (κ1) is 18.0. The fraction of sp³-hybridized carbons (Fsp3) is 0.933. The van der Waals surface area contributed by atoms with Crippen LogP contribution in [-0.4, -0.2) is 45.9 Å². The third kappa shape index (κ3) is 7.09. The number of aliphatic hydroxyl groups excluding tert-OH is 1. The average molecular weight is 345 g/mol. The molecule has 0 aromatic rings. The Morgan fingerprint density at radius 3 is 2.50 bits per heavy atom. The predicted octanol–water partition coefficient (Wildman–Crippen LogP) is 0.861. The fourth-order valence-corrected chi connectivity index (χ4v) is 3.68. The SMILES string of the molecule is CC(C)N[C@@H](CC1CCCCC1)[C@@H](O)CCC(=O)[NH][GeH3]. The van der Waals surface area contributed by atoms with E-state index in [4.69, 9.17) is 0 Å². The molecule has 1 aliphatic rings. The molecule has 1 amide bonds. The normalized spacial score (nSPS) is 20.0. The minimum absolute atomic E-state index is 0.0880. The van der Waals surface area contributed by atoms with E-state index in [1.54, 1.807) is 0 Å². The van der Waals surface area contributed by atoms with Gasteiger partial charge in [-0.2, -0.15) is 0 Å². The molecule has 0 radical (unpaired) electrons. The number of hydrogen-bond acceptors (Lipinski definition) is 3. The van der Waals surface area contributed by atoms with Crippen LogP contribution in [0.15, 0.2) is 0 Å². The van der Waals surface area contributed by atoms with Crippen LogP contribution in [-0.2, 0) is 4.79 Å². The molecule has 1 aliphatic carbocycles. The number of hydrogen-bond donors (Lipinski definition) is 3. The topological polar surface area (TPSA) is 61.4 Å². The molecule has 3 N–H and O–H groups in total. The Labute approximate surface area is 131 Å². The van der Waals surface area contributed by atoms with E-state index in [0.29, 0.717) is 35.6 Å². The van der Waals surface area contributed by atoms with Gasteiger partial charge in [-0.05, 0) is 0 Å². The molecule has 0 aromatic heterocycles. The maximum atomic E-state index is 11.4. The van der Waals surface area contributed by atoms with Gasteiger partial charge in [0.2, 0.25) is 0 Å². The van der Waals surface area contributed by atoms with Crippen molar-refractivity contribution in [2.45, 2.75) is 83.4 Å². The fourth-order valence-electron chi connectivity index (χ4n) is 3.15. The van der Waals surface area contributed by atoms with Crippen LogP contribution < -0.4 is 9.59 Å². The number of carbonyl (C=O) groups excluding carboxylic acids is 1. The average Bonchev–Trinajstić information content (AvgIpc) is 2.44. The minimum atomic E-state index is -0.413. The molecule has 1 rings (SSSR count). The Hall–Kier alpha value is -0.0671. The summed E-state index contributed by atoms with van der Waals surface area (Å²) in [4.78, 5) is 11.4. The summed E-state index contributed by atoms with van der Waals surface area (Å²) in [6, 6.07) is 0.498. The zero-order valence-corrected chi connectivity index (χ0v) is 17.5. The summed E-state index contributed by atoms with van der Waals surface area (Å²) in [6.07, 6.45) is 8.28. The summed E-state index contributed by atoms with van der Waals surface area (Å²) in [5, 5.41) is 13.9. The van der Waals surface area contributed by atoms with Crippen LogP contribution in [0.4, 0.5) is 0 Å². The second-order valence-corrected chi connectivity index (χ2v) is 7.50. The van der Waals surface area contributed by atoms with E-state index in [1.807, 2.05) is 0 Å². The van der Waals surface area contributed by atoms with E-state index in [0.717, 1.165) is 12.3 Å². The van der Waals surface area contributed by atoms with Gasteiger partial charge >= 0.3 is 131 Å². The molecule has 20 heavy (non-hydrogen) atoms. The van der Waals surface area contributed by atoms with Crippen LogP contribution in [0.3, 0.4) is 0 Å². The second kappa shape index (κ2) is 9.79. The summed E-state index contributed by atoms with van der Waals surface area (Å²) < 4.78 is 2.80. The van der Waals surface area contributed by atoms with Gasteiger partial charge in [0.1, 0.15) is 0 Å². The summed E-state index contributed by atoms with van der Waals surface area (Å²) >= 11 is 0.354. The van der Waals surface area contributed by atoms with Crippen LogP contribution in [0, 0.1) is 5.92 Å². The Morgan fingerprint density at radius 1 is 1.30 bits per heavy atom. The van der Waals surface area contributed by atoms with E-state index in [-0.39, 0.29) is 11.9 Å². The molecule has 0 aliphatic heterocycles. The van der Waals surface area contributed by atoms with Crippen molar-refractivity contribution in [2.75, 3.05) is 0 Å². The van der Waals surface area contributed by atoms with Crippen molar-refractivity contribution >= 4 is 22.6 Å². The van der Waals surface area contributed by atoms with Crippen molar-refractivity contribution in [2.24, 2.45) is 5.92 Å². The standard InChI is InChI=1S/C15H32GeN2O2/c1-11(2)17-13(10-12-6-4-3-5-7-12)14(19)8-9-15(20)18-16/h11-14,17,19H,3-10H2,1-2,16H3,(H,18,20)/t13-,14-/m0/s1. The predicted molar refractivity (Wildman–Crippen MR) is 86.6 cm³/mol. The zero-order valence-electron chi connectivity index (χ0n) is 13.3. The molecule has 1 fully saturated rings. The summed E-state index contributed by atoms with van der Waals surface area (Å²) in [5.74, 6) is 0.828. The molecule has 0 saturated heterocycles. The summed E-state index contributed by atoms with van der Waals surface area (Å²) in [7, 11) is 0. The molecule has 5 heteroatoms. The summed E-state index contributed by atoms with van der Waals surface area (Å²) in [6.45, 7) is 4.24. The molecule has 0 unspecified atom stereocenters. The van der Waals surface area contributed by atoms with E-state index < -0.39 is 6.10 Å². The number of carbonyl (C=O) groups is 1. The Kier molecular flexibility index (Phi) is 8.81. The number of amides is 1. The number of nitrogens with one attached hydrogen (secondary N) is 2. The van der Waals surface area contributed by atoms with Crippen molar-refractivity contribution in [3.8, 4) is 0 Å². The van der Waals surface area contributed by atoms with Gasteiger partial charge in [0.05, 0.1) is 0 Å². The van der Waals surface area contributed by atoms with Crippen molar-refractivity contribution < 1.29 is 9.90 Å². The van der Waals surface area contributed by atoms with Crippen LogP contribution in [0.2, 0.25) is 0 Å². The molecule has 1 saturated carbocycles. The number of rotatable bonds is 8. The molecule has 4 nitrogen and oxygen atoms in total. The van der Waals surface area contributed by atoms with Gasteiger partial charge in [-0.25, -0.2) is 0 Å². The molecule has 118 valence electrons. The van der Waals surface area contributed by atoms with Crippen LogP contribution in [0.25, 0.3) is 0 Å². The molecular formula is C15H32GeN2O2. The summed E-state index contributed by atoms with van der Waals surface area (Å²) in [5.41, 5.74) is 0. The van der Waals surface area contributed by atoms with Crippen molar-refractivity contribution in [3.63, 3.8) is 0 Å². The second-order valence-electron chi connectivity index (χ2n) is 6.45. The van der Waals surface area contributed by atoms with Crippen LogP contribution >= 0.6 is 0 Å². The van der Waals surface area contributed by atoms with Crippen LogP contribution in [0.1, 0.15) is 65.2 Å². The quantitative estimate of drug-likeness (QED) is 0.572. The molecule has 0 heterocycles. The van der Waals surface area contributed by atoms with Gasteiger partial charge in [0, 0.05) is 0 Å². The van der Waals surface area contributed by atoms with Gasteiger partial charge in [-0.1, -0.05) is 0 Å². The van der Waals surface area contributed by atoms with E-state index in [1.165, 1.54) is 32.1 Å². The van der Waals surface area contributed by atoms with Gasteiger partial charge in [0.25, 0.3) is 0 Å². The molecule has 0 aromatic carbocycles. The Balaban J connectivity index is 2.46. The van der Waals surface area contributed by atoms with Crippen molar-refractivity contribution in [1.82, 2.24) is 9.59 Å². The first-order valence-electron chi connectivity index (χ1n) is 8.17. The van der Waals surface area contributed by atoms with E-state index >= 15 is 0 Å². The molecule has 0 spiro atoms.